The zero-order valence-electron chi connectivity index (χ0n) is 9.06. The molecule has 4 heteroatoms. The Morgan fingerprint density at radius 2 is 2.12 bits per heavy atom. The summed E-state index contributed by atoms with van der Waals surface area (Å²) in [7, 11) is 0. The van der Waals surface area contributed by atoms with Crippen molar-refractivity contribution in [3.8, 4) is 0 Å². The van der Waals surface area contributed by atoms with Gasteiger partial charge in [0, 0.05) is 6.42 Å². The standard InChI is InChI=1S/C13H11FN2O/c14-10-3-1-2-9(6-10)7-13(17)12-5-4-11(15)8-16-12/h1-6,8H,7,15H2. The van der Waals surface area contributed by atoms with Crippen molar-refractivity contribution in [2.24, 2.45) is 0 Å². The van der Waals surface area contributed by atoms with Gasteiger partial charge in [0.05, 0.1) is 11.9 Å². The second-order valence-corrected chi connectivity index (χ2v) is 3.71. The Kier molecular flexibility index (Phi) is 3.14. The predicted octanol–water partition coefficient (Wildman–Crippen LogP) is 2.23. The summed E-state index contributed by atoms with van der Waals surface area (Å²) in [4.78, 5) is 15.7. The number of hydrogen-bond acceptors (Lipinski definition) is 3. The van der Waals surface area contributed by atoms with Gasteiger partial charge in [-0.15, -0.1) is 0 Å². The van der Waals surface area contributed by atoms with Crippen LogP contribution in [0.4, 0.5) is 10.1 Å². The van der Waals surface area contributed by atoms with Crippen LogP contribution in [-0.4, -0.2) is 10.8 Å². The molecule has 0 saturated heterocycles. The zero-order valence-corrected chi connectivity index (χ0v) is 9.06. The number of nitrogen functional groups attached to an aromatic ring is 1. The Hall–Kier alpha value is -2.23. The average Bonchev–Trinajstić information content (AvgIpc) is 2.29. The van der Waals surface area contributed by atoms with Crippen molar-refractivity contribution >= 4 is 11.5 Å². The molecule has 0 radical (unpaired) electrons. The summed E-state index contributed by atoms with van der Waals surface area (Å²) in [5.74, 6) is -0.504. The van der Waals surface area contributed by atoms with Crippen molar-refractivity contribution in [2.45, 2.75) is 6.42 Å². The molecule has 0 atom stereocenters. The quantitative estimate of drug-likeness (QED) is 0.822. The van der Waals surface area contributed by atoms with Gasteiger partial charge < -0.3 is 5.73 Å². The highest BCUT2D eigenvalue weighted by Crippen LogP contribution is 2.09. The lowest BCUT2D eigenvalue weighted by atomic mass is 10.1. The zero-order chi connectivity index (χ0) is 12.3. The number of nitrogens with two attached hydrogens (primary N) is 1. The number of nitrogens with zero attached hydrogens (tertiary/aromatic N) is 1. The summed E-state index contributed by atoms with van der Waals surface area (Å²) >= 11 is 0. The summed E-state index contributed by atoms with van der Waals surface area (Å²) in [5.41, 5.74) is 6.95. The predicted molar refractivity (Wildman–Crippen MR) is 63.1 cm³/mol. The van der Waals surface area contributed by atoms with Gasteiger partial charge >= 0.3 is 0 Å². The average molecular weight is 230 g/mol. The van der Waals surface area contributed by atoms with Gasteiger partial charge in [0.2, 0.25) is 0 Å². The van der Waals surface area contributed by atoms with E-state index in [4.69, 9.17) is 5.73 Å². The number of carbonyl (C=O) groups is 1. The van der Waals surface area contributed by atoms with Crippen LogP contribution < -0.4 is 5.73 Å². The van der Waals surface area contributed by atoms with E-state index < -0.39 is 0 Å². The lowest BCUT2D eigenvalue weighted by Crippen LogP contribution is -2.06. The Labute approximate surface area is 98.1 Å². The molecule has 0 spiro atoms. The van der Waals surface area contributed by atoms with Crippen molar-refractivity contribution in [1.82, 2.24) is 4.98 Å². The number of anilines is 1. The third-order valence-electron chi connectivity index (χ3n) is 2.33. The van der Waals surface area contributed by atoms with Gasteiger partial charge in [-0.1, -0.05) is 12.1 Å². The topological polar surface area (TPSA) is 56.0 Å². The summed E-state index contributed by atoms with van der Waals surface area (Å²) in [6.45, 7) is 0. The molecule has 0 bridgehead atoms. The molecule has 1 aromatic heterocycles. The third-order valence-corrected chi connectivity index (χ3v) is 2.33. The number of hydrogen-bond donors (Lipinski definition) is 1. The smallest absolute Gasteiger partial charge is 0.185 e. The molecule has 0 saturated carbocycles. The van der Waals surface area contributed by atoms with Gasteiger partial charge in [0.1, 0.15) is 11.5 Å². The maximum absolute atomic E-state index is 12.9. The number of benzene rings is 1. The van der Waals surface area contributed by atoms with E-state index >= 15 is 0 Å². The summed E-state index contributed by atoms with van der Waals surface area (Å²) in [6, 6.07) is 9.15. The largest absolute Gasteiger partial charge is 0.397 e. The molecule has 86 valence electrons. The molecular formula is C13H11FN2O. The Balaban J connectivity index is 2.14. The van der Waals surface area contributed by atoms with Gasteiger partial charge in [0.15, 0.2) is 5.78 Å². The van der Waals surface area contributed by atoms with Crippen LogP contribution in [0.1, 0.15) is 16.1 Å². The minimum atomic E-state index is -0.347. The number of Topliss-reactive ketones (excluding diaryl/α,β-unsaturated/α-hetero) is 1. The molecule has 2 aromatic rings. The van der Waals surface area contributed by atoms with Crippen LogP contribution in [-0.2, 0) is 6.42 Å². The fraction of sp³-hybridized carbons (Fsp3) is 0.0769. The van der Waals surface area contributed by atoms with Crippen molar-refractivity contribution in [1.29, 1.82) is 0 Å². The molecule has 2 N–H and O–H groups in total. The highest BCUT2D eigenvalue weighted by atomic mass is 19.1. The fourth-order valence-electron chi connectivity index (χ4n) is 1.49. The van der Waals surface area contributed by atoms with Crippen LogP contribution in [0.2, 0.25) is 0 Å². The van der Waals surface area contributed by atoms with Crippen LogP contribution in [0.15, 0.2) is 42.6 Å². The van der Waals surface area contributed by atoms with Crippen LogP contribution in [0.5, 0.6) is 0 Å². The molecular weight excluding hydrogens is 219 g/mol. The van der Waals surface area contributed by atoms with E-state index in [1.165, 1.54) is 18.3 Å². The van der Waals surface area contributed by atoms with E-state index in [-0.39, 0.29) is 18.0 Å². The first kappa shape index (κ1) is 11.3. The highest BCUT2D eigenvalue weighted by Gasteiger charge is 2.08. The molecule has 0 aliphatic rings. The van der Waals surface area contributed by atoms with Gasteiger partial charge in [0.25, 0.3) is 0 Å². The minimum absolute atomic E-state index is 0.134. The second kappa shape index (κ2) is 4.74. The SMILES string of the molecule is Nc1ccc(C(=O)Cc2cccc(F)c2)nc1. The van der Waals surface area contributed by atoms with Gasteiger partial charge in [-0.25, -0.2) is 4.39 Å². The van der Waals surface area contributed by atoms with Gasteiger partial charge in [-0.3, -0.25) is 9.78 Å². The van der Waals surface area contributed by atoms with E-state index in [0.717, 1.165) is 0 Å². The monoisotopic (exact) mass is 230 g/mol. The maximum Gasteiger partial charge on any atom is 0.185 e. The first-order valence-electron chi connectivity index (χ1n) is 5.14. The van der Waals surface area contributed by atoms with Crippen LogP contribution in [0.25, 0.3) is 0 Å². The lowest BCUT2D eigenvalue weighted by Gasteiger charge is -2.01. The van der Waals surface area contributed by atoms with Crippen molar-refractivity contribution in [2.75, 3.05) is 5.73 Å². The first-order chi connectivity index (χ1) is 8.15. The minimum Gasteiger partial charge on any atom is -0.397 e. The van der Waals surface area contributed by atoms with Crippen LogP contribution >= 0.6 is 0 Å². The molecule has 0 aliphatic heterocycles. The summed E-state index contributed by atoms with van der Waals surface area (Å²) in [5, 5.41) is 0. The molecule has 0 amide bonds. The first-order valence-corrected chi connectivity index (χ1v) is 5.14. The van der Waals surface area contributed by atoms with E-state index in [1.807, 2.05) is 0 Å². The van der Waals surface area contributed by atoms with Crippen LogP contribution in [0.3, 0.4) is 0 Å². The van der Waals surface area contributed by atoms with Crippen molar-refractivity contribution < 1.29 is 9.18 Å². The molecule has 3 nitrogen and oxygen atoms in total. The lowest BCUT2D eigenvalue weighted by molar-refractivity contribution is 0.0988. The van der Waals surface area contributed by atoms with Crippen molar-refractivity contribution in [3.63, 3.8) is 0 Å². The number of aromatic nitrogens is 1. The molecule has 0 unspecified atom stereocenters. The third kappa shape index (κ3) is 2.87. The number of pyridine rings is 1. The molecule has 1 aromatic carbocycles. The van der Waals surface area contributed by atoms with E-state index in [2.05, 4.69) is 4.98 Å². The number of carbonyl (C=O) groups excluding carboxylic acids is 1. The van der Waals surface area contributed by atoms with Gasteiger partial charge in [-0.05, 0) is 29.8 Å². The molecule has 0 aliphatic carbocycles. The second-order valence-electron chi connectivity index (χ2n) is 3.71. The number of halogens is 1. The van der Waals surface area contributed by atoms with Crippen molar-refractivity contribution in [3.05, 3.63) is 59.7 Å². The highest BCUT2D eigenvalue weighted by molar-refractivity contribution is 5.95. The van der Waals surface area contributed by atoms with E-state index in [9.17, 15) is 9.18 Å². The van der Waals surface area contributed by atoms with E-state index in [0.29, 0.717) is 16.9 Å². The Morgan fingerprint density at radius 1 is 1.29 bits per heavy atom. The Morgan fingerprint density at radius 3 is 2.76 bits per heavy atom. The van der Waals surface area contributed by atoms with E-state index in [1.54, 1.807) is 24.3 Å². The fourth-order valence-corrected chi connectivity index (χ4v) is 1.49. The maximum atomic E-state index is 12.9. The summed E-state index contributed by atoms with van der Waals surface area (Å²) in [6.07, 6.45) is 1.56. The molecule has 0 fully saturated rings. The van der Waals surface area contributed by atoms with Gasteiger partial charge in [-0.2, -0.15) is 0 Å². The molecule has 2 rings (SSSR count). The molecule has 17 heavy (non-hydrogen) atoms. The number of rotatable bonds is 3. The molecule has 1 heterocycles. The summed E-state index contributed by atoms with van der Waals surface area (Å²) < 4.78 is 12.9. The van der Waals surface area contributed by atoms with Crippen LogP contribution in [0, 0.1) is 5.82 Å². The Bertz CT molecular complexity index is 537. The number of ketones is 1. The normalized spacial score (nSPS) is 10.2.